The maximum atomic E-state index is 13.1. The van der Waals surface area contributed by atoms with Gasteiger partial charge in [-0.25, -0.2) is 0 Å². The van der Waals surface area contributed by atoms with Crippen LogP contribution in [0.25, 0.3) is 0 Å². The molecule has 2 heterocycles. The Kier molecular flexibility index (Phi) is 4.08. The van der Waals surface area contributed by atoms with Crippen molar-refractivity contribution in [1.82, 2.24) is 4.98 Å². The van der Waals surface area contributed by atoms with Crippen LogP contribution in [-0.2, 0) is 6.18 Å². The van der Waals surface area contributed by atoms with E-state index in [0.717, 1.165) is 12.1 Å². The van der Waals surface area contributed by atoms with Crippen molar-refractivity contribution in [2.24, 2.45) is 4.99 Å². The van der Waals surface area contributed by atoms with E-state index in [1.807, 2.05) is 0 Å². The van der Waals surface area contributed by atoms with Crippen LogP contribution in [0.15, 0.2) is 41.7 Å². The first-order valence-electron chi connectivity index (χ1n) is 6.52. The van der Waals surface area contributed by atoms with Crippen molar-refractivity contribution >= 4 is 40.2 Å². The number of benzene rings is 1. The first-order valence-corrected chi connectivity index (χ1v) is 7.30. The number of alkyl halides is 3. The first-order chi connectivity index (χ1) is 10.9. The molecule has 1 aromatic carbocycles. The third-order valence-electron chi connectivity index (χ3n) is 3.27. The normalized spacial score (nSPS) is 14.6. The van der Waals surface area contributed by atoms with Gasteiger partial charge < -0.3 is 5.32 Å². The summed E-state index contributed by atoms with van der Waals surface area (Å²) in [6.45, 7) is 0.166. The number of thiocarbonyl (C=S) groups is 1. The second-order valence-electron chi connectivity index (χ2n) is 4.83. The van der Waals surface area contributed by atoms with Crippen molar-refractivity contribution < 1.29 is 13.2 Å². The second-order valence-corrected chi connectivity index (χ2v) is 5.73. The van der Waals surface area contributed by atoms with Crippen LogP contribution in [0.3, 0.4) is 0 Å². The van der Waals surface area contributed by atoms with E-state index in [1.165, 1.54) is 0 Å². The Morgan fingerprint density at radius 2 is 1.87 bits per heavy atom. The molecule has 0 saturated heterocycles. The molecule has 0 saturated carbocycles. The zero-order valence-electron chi connectivity index (χ0n) is 11.5. The van der Waals surface area contributed by atoms with Crippen LogP contribution < -0.4 is 5.32 Å². The smallest absolute Gasteiger partial charge is 0.347 e. The zero-order chi connectivity index (χ0) is 16.6. The van der Waals surface area contributed by atoms with Crippen molar-refractivity contribution in [3.05, 3.63) is 58.4 Å². The summed E-state index contributed by atoms with van der Waals surface area (Å²) in [6.07, 6.45) is -1.42. The zero-order valence-corrected chi connectivity index (χ0v) is 13.1. The minimum Gasteiger partial charge on any atom is -0.347 e. The molecule has 1 aromatic heterocycles. The maximum absolute atomic E-state index is 13.1. The number of benzodiazepines with no additional fused rings is 1. The fraction of sp³-hybridized carbons (Fsp3) is 0.133. The third kappa shape index (κ3) is 3.20. The van der Waals surface area contributed by atoms with Gasteiger partial charge in [0, 0.05) is 23.5 Å². The van der Waals surface area contributed by atoms with E-state index >= 15 is 0 Å². The van der Waals surface area contributed by atoms with Crippen LogP contribution >= 0.6 is 23.8 Å². The monoisotopic (exact) mass is 355 g/mol. The van der Waals surface area contributed by atoms with Crippen molar-refractivity contribution in [3.8, 4) is 0 Å². The Labute approximate surface area is 140 Å². The average Bonchev–Trinajstić information content (AvgIpc) is 2.66. The summed E-state index contributed by atoms with van der Waals surface area (Å²) in [5.74, 6) is 0. The molecule has 0 unspecified atom stereocenters. The highest BCUT2D eigenvalue weighted by Gasteiger charge is 2.33. The molecule has 0 atom stereocenters. The topological polar surface area (TPSA) is 37.3 Å². The van der Waals surface area contributed by atoms with Crippen LogP contribution in [0.4, 0.5) is 18.9 Å². The predicted molar refractivity (Wildman–Crippen MR) is 87.4 cm³/mol. The Hall–Kier alpha value is -1.99. The lowest BCUT2D eigenvalue weighted by atomic mass is 9.99. The SMILES string of the molecule is FC(F)(F)c1cc(Cl)c2c(c1)C(c1ccncc1)=NCC(=S)N2. The summed E-state index contributed by atoms with van der Waals surface area (Å²) < 4.78 is 39.3. The number of nitrogens with one attached hydrogen (secondary N) is 1. The van der Waals surface area contributed by atoms with Crippen molar-refractivity contribution in [3.63, 3.8) is 0 Å². The Balaban J connectivity index is 2.26. The van der Waals surface area contributed by atoms with Gasteiger partial charge in [-0.1, -0.05) is 23.8 Å². The van der Waals surface area contributed by atoms with Gasteiger partial charge in [0.25, 0.3) is 0 Å². The summed E-state index contributed by atoms with van der Waals surface area (Å²) in [4.78, 5) is 8.63. The number of pyridine rings is 1. The van der Waals surface area contributed by atoms with Crippen LogP contribution in [0, 0.1) is 0 Å². The lowest BCUT2D eigenvalue weighted by molar-refractivity contribution is -0.137. The molecule has 2 aromatic rings. The number of anilines is 1. The molecule has 1 N–H and O–H groups in total. The molecule has 118 valence electrons. The molecule has 3 rings (SSSR count). The van der Waals surface area contributed by atoms with Gasteiger partial charge in [-0.05, 0) is 24.3 Å². The van der Waals surface area contributed by atoms with Crippen LogP contribution in [0.2, 0.25) is 5.02 Å². The summed E-state index contributed by atoms with van der Waals surface area (Å²) in [6, 6.07) is 5.25. The lowest BCUT2D eigenvalue weighted by Crippen LogP contribution is -2.13. The average molecular weight is 356 g/mol. The number of hydrogen-bond donors (Lipinski definition) is 1. The van der Waals surface area contributed by atoms with Crippen molar-refractivity contribution in [2.75, 3.05) is 11.9 Å². The maximum Gasteiger partial charge on any atom is 0.416 e. The predicted octanol–water partition coefficient (Wildman–Crippen LogP) is 4.34. The number of aromatic nitrogens is 1. The van der Waals surface area contributed by atoms with Crippen LogP contribution in [0.5, 0.6) is 0 Å². The number of hydrogen-bond acceptors (Lipinski definition) is 3. The molecular weight excluding hydrogens is 347 g/mol. The molecule has 0 aliphatic carbocycles. The summed E-state index contributed by atoms with van der Waals surface area (Å²) in [5, 5.41) is 2.82. The van der Waals surface area contributed by atoms with Gasteiger partial charge in [0.05, 0.1) is 28.5 Å². The molecule has 0 spiro atoms. The van der Waals surface area contributed by atoms with Gasteiger partial charge in [-0.2, -0.15) is 13.2 Å². The molecule has 8 heteroatoms. The molecule has 0 radical (unpaired) electrons. The lowest BCUT2D eigenvalue weighted by Gasteiger charge is -2.16. The quantitative estimate of drug-likeness (QED) is 0.773. The fourth-order valence-electron chi connectivity index (χ4n) is 2.26. The molecular formula is C15H9ClF3N3S. The highest BCUT2D eigenvalue weighted by atomic mass is 35.5. The molecule has 3 nitrogen and oxygen atoms in total. The summed E-state index contributed by atoms with van der Waals surface area (Å²) in [7, 11) is 0. The Bertz CT molecular complexity index is 804. The highest BCUT2D eigenvalue weighted by Crippen LogP contribution is 2.38. The number of nitrogens with zero attached hydrogens (tertiary/aromatic N) is 2. The molecule has 0 amide bonds. The van der Waals surface area contributed by atoms with Gasteiger partial charge in [-0.15, -0.1) is 0 Å². The fourth-order valence-corrected chi connectivity index (χ4v) is 2.69. The minimum atomic E-state index is -4.51. The van der Waals surface area contributed by atoms with E-state index in [9.17, 15) is 13.2 Å². The van der Waals surface area contributed by atoms with Crippen molar-refractivity contribution in [2.45, 2.75) is 6.18 Å². The molecule has 1 aliphatic rings. The highest BCUT2D eigenvalue weighted by molar-refractivity contribution is 7.80. The molecule has 0 bridgehead atoms. The molecule has 23 heavy (non-hydrogen) atoms. The van der Waals surface area contributed by atoms with Crippen LogP contribution in [-0.4, -0.2) is 22.2 Å². The molecule has 0 fully saturated rings. The third-order valence-corrected chi connectivity index (χ3v) is 3.80. The van der Waals surface area contributed by atoms with Gasteiger partial charge in [0.2, 0.25) is 0 Å². The number of rotatable bonds is 1. The van der Waals surface area contributed by atoms with Gasteiger partial charge >= 0.3 is 6.18 Å². The number of halogens is 4. The summed E-state index contributed by atoms with van der Waals surface area (Å²) in [5.41, 5.74) is 0.789. The Morgan fingerprint density at radius 3 is 2.52 bits per heavy atom. The van der Waals surface area contributed by atoms with Gasteiger partial charge in [-0.3, -0.25) is 9.98 Å². The van der Waals surface area contributed by atoms with E-state index in [2.05, 4.69) is 15.3 Å². The van der Waals surface area contributed by atoms with E-state index in [4.69, 9.17) is 23.8 Å². The largest absolute Gasteiger partial charge is 0.416 e. The van der Waals surface area contributed by atoms with Crippen LogP contribution in [0.1, 0.15) is 16.7 Å². The van der Waals surface area contributed by atoms with Gasteiger partial charge in [0.1, 0.15) is 4.99 Å². The van der Waals surface area contributed by atoms with E-state index in [1.54, 1.807) is 24.5 Å². The summed E-state index contributed by atoms with van der Waals surface area (Å²) >= 11 is 11.2. The minimum absolute atomic E-state index is 0.0548. The van der Waals surface area contributed by atoms with E-state index < -0.39 is 11.7 Å². The number of fused-ring (bicyclic) bond motifs is 1. The number of aliphatic imine (C=N–C) groups is 1. The van der Waals surface area contributed by atoms with E-state index in [0.29, 0.717) is 22.0 Å². The molecule has 1 aliphatic heterocycles. The first kappa shape index (κ1) is 15.9. The second kappa shape index (κ2) is 5.90. The Morgan fingerprint density at radius 1 is 1.17 bits per heavy atom. The van der Waals surface area contributed by atoms with Crippen molar-refractivity contribution in [1.29, 1.82) is 0 Å². The van der Waals surface area contributed by atoms with Gasteiger partial charge in [0.15, 0.2) is 0 Å². The van der Waals surface area contributed by atoms with E-state index in [-0.39, 0.29) is 17.1 Å². The standard InChI is InChI=1S/C15H9ClF3N3S/c16-11-6-9(15(17,18)19)5-10-13(8-1-3-20-4-2-8)21-7-12(23)22-14(10)11/h1-6H,7H2,(H,22,23).